The molecule has 0 heterocycles. The summed E-state index contributed by atoms with van der Waals surface area (Å²) in [5.41, 5.74) is 3.07. The Morgan fingerprint density at radius 1 is 0.778 bits per heavy atom. The summed E-state index contributed by atoms with van der Waals surface area (Å²) in [6.07, 6.45) is 5.95. The molecule has 1 aromatic rings. The third-order valence-electron chi connectivity index (χ3n) is 6.36. The fraction of sp³-hybridized carbons (Fsp3) is 0.636. The topological polar surface area (TPSA) is 18.5 Å². The number of halogens is 1. The zero-order valence-electron chi connectivity index (χ0n) is 19.3. The van der Waals surface area contributed by atoms with Crippen LogP contribution in [0.1, 0.15) is 58.2 Å². The van der Waals surface area contributed by atoms with Crippen LogP contribution in [0.15, 0.2) is 0 Å². The summed E-state index contributed by atoms with van der Waals surface area (Å²) in [6.45, 7) is 26.8. The molecule has 0 bridgehead atoms. The highest BCUT2D eigenvalue weighted by Crippen LogP contribution is 2.46. The molecule has 0 spiro atoms. The smallest absolute Gasteiger partial charge is 0.250 e. The molecule has 0 fully saturated rings. The molecule has 0 atom stereocenters. The first kappa shape index (κ1) is 24.6. The highest BCUT2D eigenvalue weighted by atomic mass is 127. The predicted octanol–water partition coefficient (Wildman–Crippen LogP) is 7.66. The van der Waals surface area contributed by atoms with Crippen LogP contribution in [0.3, 0.4) is 0 Å². The summed E-state index contributed by atoms with van der Waals surface area (Å²) in [4.78, 5) is 0. The second-order valence-corrected chi connectivity index (χ2v) is 21.0. The monoisotopic (exact) mass is 516 g/mol. The number of benzene rings is 1. The van der Waals surface area contributed by atoms with Crippen molar-refractivity contribution in [1.82, 2.24) is 0 Å². The van der Waals surface area contributed by atoms with Crippen LogP contribution >= 0.6 is 22.6 Å². The highest BCUT2D eigenvalue weighted by Gasteiger charge is 2.42. The molecule has 0 aliphatic heterocycles. The van der Waals surface area contributed by atoms with Crippen molar-refractivity contribution in [1.29, 1.82) is 0 Å². The fourth-order valence-electron chi connectivity index (χ4n) is 2.10. The van der Waals surface area contributed by atoms with Crippen LogP contribution in [0.2, 0.25) is 36.3 Å². The Morgan fingerprint density at radius 3 is 1.44 bits per heavy atom. The maximum atomic E-state index is 6.70. The van der Waals surface area contributed by atoms with Crippen molar-refractivity contribution in [3.05, 3.63) is 20.3 Å². The number of hydrogen-bond donors (Lipinski definition) is 0. The lowest BCUT2D eigenvalue weighted by Crippen LogP contribution is -2.45. The highest BCUT2D eigenvalue weighted by molar-refractivity contribution is 14.1. The maximum Gasteiger partial charge on any atom is 0.250 e. The van der Waals surface area contributed by atoms with E-state index < -0.39 is 16.6 Å². The summed E-state index contributed by atoms with van der Waals surface area (Å²) in [6, 6.07) is 0. The van der Waals surface area contributed by atoms with E-state index in [9.17, 15) is 0 Å². The molecule has 0 saturated heterocycles. The van der Waals surface area contributed by atoms with E-state index in [0.717, 1.165) is 31.8 Å². The summed E-state index contributed by atoms with van der Waals surface area (Å²) >= 11 is 2.34. The average molecular weight is 517 g/mol. The van der Waals surface area contributed by atoms with Gasteiger partial charge in [-0.1, -0.05) is 47.5 Å². The number of rotatable bonds is 4. The number of terminal acetylenes is 1. The van der Waals surface area contributed by atoms with Crippen molar-refractivity contribution < 1.29 is 8.85 Å². The molecular weight excluding hydrogens is 479 g/mol. The van der Waals surface area contributed by atoms with Crippen molar-refractivity contribution in [3.63, 3.8) is 0 Å². The molecule has 1 aromatic carbocycles. The largest absolute Gasteiger partial charge is 0.543 e. The Labute approximate surface area is 183 Å². The van der Waals surface area contributed by atoms with Gasteiger partial charge in [-0.2, -0.15) is 0 Å². The quantitative estimate of drug-likeness (QED) is 0.232. The van der Waals surface area contributed by atoms with E-state index in [-0.39, 0.29) is 10.1 Å². The molecule has 0 aromatic heterocycles. The third kappa shape index (κ3) is 4.94. The molecule has 0 radical (unpaired) electrons. The molecule has 152 valence electrons. The van der Waals surface area contributed by atoms with E-state index in [4.69, 9.17) is 15.3 Å². The van der Waals surface area contributed by atoms with Crippen molar-refractivity contribution >= 4 is 39.2 Å². The average Bonchev–Trinajstić information content (AvgIpc) is 2.47. The van der Waals surface area contributed by atoms with Crippen molar-refractivity contribution in [3.8, 4) is 23.8 Å². The Kier molecular flexibility index (Phi) is 7.06. The van der Waals surface area contributed by atoms with Crippen molar-refractivity contribution in [2.45, 2.75) is 91.7 Å². The molecule has 0 amide bonds. The summed E-state index contributed by atoms with van der Waals surface area (Å²) in [7, 11) is -3.96. The Bertz CT molecular complexity index is 761. The minimum atomic E-state index is -2.00. The fourth-order valence-corrected chi connectivity index (χ4v) is 5.37. The van der Waals surface area contributed by atoms with Gasteiger partial charge in [-0.15, -0.1) is 6.42 Å². The first-order chi connectivity index (χ1) is 11.9. The van der Waals surface area contributed by atoms with Crippen molar-refractivity contribution in [2.24, 2.45) is 0 Å². The molecule has 0 saturated carbocycles. The van der Waals surface area contributed by atoms with Crippen LogP contribution in [0.5, 0.6) is 11.5 Å². The molecule has 27 heavy (non-hydrogen) atoms. The SMILES string of the molecule is C#Cc1c(I)c(O[Si](C)(C)C(C)(C)C)c(C)c(C)c1O[Si](C)(C)C(C)(C)C. The van der Waals surface area contributed by atoms with Gasteiger partial charge in [-0.25, -0.2) is 0 Å². The van der Waals surface area contributed by atoms with Gasteiger partial charge < -0.3 is 8.85 Å². The van der Waals surface area contributed by atoms with Gasteiger partial charge in [0, 0.05) is 0 Å². The minimum absolute atomic E-state index is 0.112. The lowest BCUT2D eigenvalue weighted by molar-refractivity contribution is 0.473. The summed E-state index contributed by atoms with van der Waals surface area (Å²) in [5.74, 6) is 4.71. The first-order valence-electron chi connectivity index (χ1n) is 9.54. The van der Waals surface area contributed by atoms with E-state index in [1.807, 2.05) is 0 Å². The minimum Gasteiger partial charge on any atom is -0.543 e. The van der Waals surface area contributed by atoms with Crippen molar-refractivity contribution in [2.75, 3.05) is 0 Å². The molecule has 0 aliphatic rings. The normalized spacial score (nSPS) is 13.3. The van der Waals surface area contributed by atoms with E-state index in [0.29, 0.717) is 0 Å². The first-order valence-corrected chi connectivity index (χ1v) is 16.4. The molecule has 0 N–H and O–H groups in total. The molecule has 2 nitrogen and oxygen atoms in total. The van der Waals surface area contributed by atoms with Gasteiger partial charge in [-0.05, 0) is 83.8 Å². The molecule has 5 heteroatoms. The van der Waals surface area contributed by atoms with Gasteiger partial charge >= 0.3 is 0 Å². The van der Waals surface area contributed by atoms with Crippen LogP contribution in [-0.2, 0) is 0 Å². The van der Waals surface area contributed by atoms with Gasteiger partial charge in [0.2, 0.25) is 0 Å². The summed E-state index contributed by atoms with van der Waals surface area (Å²) in [5, 5.41) is 0.240. The van der Waals surface area contributed by atoms with E-state index in [1.54, 1.807) is 0 Å². The van der Waals surface area contributed by atoms with Gasteiger partial charge in [0.1, 0.15) is 11.5 Å². The van der Waals surface area contributed by atoms with Crippen LogP contribution in [0, 0.1) is 29.8 Å². The zero-order valence-corrected chi connectivity index (χ0v) is 23.4. The molecular formula is C22H37IO2Si2. The van der Waals surface area contributed by atoms with Crippen LogP contribution < -0.4 is 8.85 Å². The Morgan fingerprint density at radius 2 is 1.11 bits per heavy atom. The maximum absolute atomic E-state index is 6.70. The molecule has 1 rings (SSSR count). The third-order valence-corrected chi connectivity index (χ3v) is 16.0. The van der Waals surface area contributed by atoms with Crippen LogP contribution in [-0.4, -0.2) is 16.6 Å². The van der Waals surface area contributed by atoms with E-state index >= 15 is 0 Å². The molecule has 0 unspecified atom stereocenters. The van der Waals surface area contributed by atoms with Crippen LogP contribution in [0.25, 0.3) is 0 Å². The lowest BCUT2D eigenvalue weighted by atomic mass is 10.0. The lowest BCUT2D eigenvalue weighted by Gasteiger charge is -2.39. The molecule has 0 aliphatic carbocycles. The van der Waals surface area contributed by atoms with Gasteiger partial charge in [0.15, 0.2) is 0 Å². The Balaban J connectivity index is 3.62. The zero-order chi connectivity index (χ0) is 21.6. The van der Waals surface area contributed by atoms with Gasteiger partial charge in [-0.3, -0.25) is 0 Å². The second kappa shape index (κ2) is 7.76. The van der Waals surface area contributed by atoms with E-state index in [1.165, 1.54) is 0 Å². The van der Waals surface area contributed by atoms with Crippen LogP contribution in [0.4, 0.5) is 0 Å². The van der Waals surface area contributed by atoms with Gasteiger partial charge in [0.25, 0.3) is 16.6 Å². The second-order valence-electron chi connectivity index (χ2n) is 10.5. The Hall–Kier alpha value is -0.456. The predicted molar refractivity (Wildman–Crippen MR) is 132 cm³/mol. The van der Waals surface area contributed by atoms with E-state index in [2.05, 4.69) is 110 Å². The summed E-state index contributed by atoms with van der Waals surface area (Å²) < 4.78 is 14.4. The van der Waals surface area contributed by atoms with Gasteiger partial charge in [0.05, 0.1) is 9.13 Å². The standard InChI is InChI=1S/C22H37IO2Si2/c1-14-17-18(23)20(25-27(12,13)22(7,8)9)16(3)15(2)19(17)24-26(10,11)21(4,5)6/h1H,2-13H3. The number of hydrogen-bond acceptors (Lipinski definition) is 2.